The molecule has 2 aliphatic rings. The van der Waals surface area contributed by atoms with E-state index in [1.165, 1.54) is 5.57 Å². The van der Waals surface area contributed by atoms with E-state index < -0.39 is 0 Å². The Balaban J connectivity index is 2.45. The first-order valence-corrected chi connectivity index (χ1v) is 6.68. The normalized spacial score (nSPS) is 24.9. The van der Waals surface area contributed by atoms with Crippen molar-refractivity contribution in [3.05, 3.63) is 11.3 Å². The highest BCUT2D eigenvalue weighted by Gasteiger charge is 2.45. The molecule has 0 radical (unpaired) electrons. The molecule has 1 amide bonds. The van der Waals surface area contributed by atoms with Gasteiger partial charge in [-0.3, -0.25) is 9.79 Å². The van der Waals surface area contributed by atoms with Gasteiger partial charge in [-0.05, 0) is 31.8 Å². The summed E-state index contributed by atoms with van der Waals surface area (Å²) >= 11 is 0. The molecule has 0 saturated heterocycles. The molecule has 0 aromatic heterocycles. The maximum atomic E-state index is 12.8. The van der Waals surface area contributed by atoms with E-state index in [2.05, 4.69) is 46.5 Å². The van der Waals surface area contributed by atoms with Crippen LogP contribution in [0.5, 0.6) is 0 Å². The van der Waals surface area contributed by atoms with Crippen molar-refractivity contribution in [1.82, 2.24) is 4.90 Å². The minimum Gasteiger partial charge on any atom is -0.331 e. The molecule has 2 rings (SSSR count). The molecule has 0 aliphatic carbocycles. The van der Waals surface area contributed by atoms with Crippen LogP contribution in [-0.4, -0.2) is 29.1 Å². The third kappa shape index (κ3) is 2.11. The van der Waals surface area contributed by atoms with Crippen molar-refractivity contribution >= 4 is 12.1 Å². The largest absolute Gasteiger partial charge is 0.331 e. The van der Waals surface area contributed by atoms with E-state index in [9.17, 15) is 4.79 Å². The second-order valence-corrected chi connectivity index (χ2v) is 7.38. The van der Waals surface area contributed by atoms with Gasteiger partial charge in [0.1, 0.15) is 0 Å². The molecule has 0 saturated carbocycles. The molecular weight excluding hydrogens is 224 g/mol. The summed E-state index contributed by atoms with van der Waals surface area (Å²) in [4.78, 5) is 19.3. The van der Waals surface area contributed by atoms with Crippen LogP contribution in [0, 0.1) is 11.3 Å². The molecule has 0 aromatic rings. The van der Waals surface area contributed by atoms with E-state index in [-0.39, 0.29) is 22.8 Å². The molecular formula is C15H24N2O. The van der Waals surface area contributed by atoms with E-state index in [0.717, 1.165) is 12.1 Å². The molecule has 0 spiro atoms. The van der Waals surface area contributed by atoms with Crippen LogP contribution < -0.4 is 0 Å². The summed E-state index contributed by atoms with van der Waals surface area (Å²) in [6, 6.07) is 0. The zero-order chi connectivity index (χ0) is 13.7. The second kappa shape index (κ2) is 3.94. The Morgan fingerprint density at radius 2 is 1.83 bits per heavy atom. The Kier molecular flexibility index (Phi) is 2.91. The summed E-state index contributed by atoms with van der Waals surface area (Å²) in [6.45, 7) is 13.4. The van der Waals surface area contributed by atoms with Gasteiger partial charge in [0.2, 0.25) is 5.91 Å². The zero-order valence-electron chi connectivity index (χ0n) is 12.4. The number of amides is 1. The minimum absolute atomic E-state index is 0.0250. The Bertz CT molecular complexity index is 432. The average Bonchev–Trinajstić information content (AvgIpc) is 2.59. The van der Waals surface area contributed by atoms with E-state index in [1.54, 1.807) is 0 Å². The quantitative estimate of drug-likeness (QED) is 0.648. The molecule has 0 aromatic carbocycles. The lowest BCUT2D eigenvalue weighted by molar-refractivity contribution is -0.143. The Hall–Kier alpha value is -1.12. The van der Waals surface area contributed by atoms with Gasteiger partial charge < -0.3 is 4.90 Å². The predicted molar refractivity (Wildman–Crippen MR) is 74.5 cm³/mol. The number of hydrogen-bond donors (Lipinski definition) is 0. The Morgan fingerprint density at radius 3 is 2.33 bits per heavy atom. The summed E-state index contributed by atoms with van der Waals surface area (Å²) in [6.07, 6.45) is 2.80. The third-order valence-electron chi connectivity index (χ3n) is 3.77. The van der Waals surface area contributed by atoms with Crippen LogP contribution in [0.15, 0.2) is 16.3 Å². The van der Waals surface area contributed by atoms with Crippen molar-refractivity contribution in [1.29, 1.82) is 0 Å². The molecule has 3 heteroatoms. The van der Waals surface area contributed by atoms with Crippen molar-refractivity contribution in [3.8, 4) is 0 Å². The highest BCUT2D eigenvalue weighted by atomic mass is 16.2. The summed E-state index contributed by atoms with van der Waals surface area (Å²) in [5.74, 6) is 0.238. The van der Waals surface area contributed by atoms with Gasteiger partial charge in [-0.2, -0.15) is 0 Å². The predicted octanol–water partition coefficient (Wildman–Crippen LogP) is 3.02. The molecule has 0 N–H and O–H groups in total. The summed E-state index contributed by atoms with van der Waals surface area (Å²) in [7, 11) is 0. The first-order valence-electron chi connectivity index (χ1n) is 6.68. The fraction of sp³-hybridized carbons (Fsp3) is 0.733. The van der Waals surface area contributed by atoms with E-state index in [4.69, 9.17) is 0 Å². The van der Waals surface area contributed by atoms with E-state index >= 15 is 0 Å². The van der Waals surface area contributed by atoms with Crippen molar-refractivity contribution in [3.63, 3.8) is 0 Å². The summed E-state index contributed by atoms with van der Waals surface area (Å²) in [5, 5.41) is 0. The topological polar surface area (TPSA) is 32.7 Å². The molecule has 1 unspecified atom stereocenters. The molecule has 100 valence electrons. The van der Waals surface area contributed by atoms with Crippen LogP contribution in [0.25, 0.3) is 0 Å². The first-order chi connectivity index (χ1) is 8.12. The van der Waals surface area contributed by atoms with Gasteiger partial charge in [-0.15, -0.1) is 0 Å². The zero-order valence-corrected chi connectivity index (χ0v) is 12.4. The molecule has 2 aliphatic heterocycles. The highest BCUT2D eigenvalue weighted by molar-refractivity contribution is 5.88. The van der Waals surface area contributed by atoms with Gasteiger partial charge in [0, 0.05) is 18.2 Å². The van der Waals surface area contributed by atoms with Crippen LogP contribution >= 0.6 is 0 Å². The van der Waals surface area contributed by atoms with Crippen molar-refractivity contribution < 1.29 is 4.79 Å². The third-order valence-corrected chi connectivity index (χ3v) is 3.77. The number of carbonyl (C=O) groups excluding carboxylic acids is 1. The van der Waals surface area contributed by atoms with E-state index in [1.807, 2.05) is 11.1 Å². The van der Waals surface area contributed by atoms with Gasteiger partial charge in [0.25, 0.3) is 0 Å². The molecule has 0 bridgehead atoms. The van der Waals surface area contributed by atoms with Crippen LogP contribution in [0.2, 0.25) is 0 Å². The fourth-order valence-corrected chi connectivity index (χ4v) is 2.88. The van der Waals surface area contributed by atoms with Gasteiger partial charge >= 0.3 is 0 Å². The maximum Gasteiger partial charge on any atom is 0.231 e. The lowest BCUT2D eigenvalue weighted by atomic mass is 9.72. The molecule has 3 nitrogen and oxygen atoms in total. The van der Waals surface area contributed by atoms with Crippen molar-refractivity contribution in [2.45, 2.75) is 53.5 Å². The highest BCUT2D eigenvalue weighted by Crippen LogP contribution is 2.42. The molecule has 0 fully saturated rings. The molecule has 2 heterocycles. The van der Waals surface area contributed by atoms with Crippen LogP contribution in [-0.2, 0) is 4.79 Å². The monoisotopic (exact) mass is 248 g/mol. The number of rotatable bonds is 0. The second-order valence-electron chi connectivity index (χ2n) is 7.38. The van der Waals surface area contributed by atoms with Gasteiger partial charge in [0.15, 0.2) is 0 Å². The number of aliphatic imine (C=N–C) groups is 1. The minimum atomic E-state index is -0.142. The smallest absolute Gasteiger partial charge is 0.231 e. The van der Waals surface area contributed by atoms with Gasteiger partial charge in [-0.1, -0.05) is 20.8 Å². The molecule has 18 heavy (non-hydrogen) atoms. The fourth-order valence-electron chi connectivity index (χ4n) is 2.88. The number of hydrogen-bond acceptors (Lipinski definition) is 2. The van der Waals surface area contributed by atoms with Gasteiger partial charge in [0.05, 0.1) is 18.2 Å². The maximum absolute atomic E-state index is 12.8. The SMILES string of the molecule is CC(C)(C)C1C(=O)N(C(C)(C)C)CC2=C1CC=N2. The summed E-state index contributed by atoms with van der Waals surface area (Å²) in [5.41, 5.74) is 2.17. The lowest BCUT2D eigenvalue weighted by Gasteiger charge is -2.45. The Labute approximate surface area is 110 Å². The van der Waals surface area contributed by atoms with Crippen molar-refractivity contribution in [2.24, 2.45) is 16.3 Å². The van der Waals surface area contributed by atoms with Crippen LogP contribution in [0.3, 0.4) is 0 Å². The van der Waals surface area contributed by atoms with E-state index in [0.29, 0.717) is 6.54 Å². The van der Waals surface area contributed by atoms with Crippen molar-refractivity contribution in [2.75, 3.05) is 6.54 Å². The lowest BCUT2D eigenvalue weighted by Crippen LogP contribution is -2.54. The summed E-state index contributed by atoms with van der Waals surface area (Å²) < 4.78 is 0. The standard InChI is InChI=1S/C15H24N2O/c1-14(2,3)12-10-7-8-16-11(10)9-17(13(12)18)15(4,5)6/h8,12H,7,9H2,1-6H3. The molecule has 1 atom stereocenters. The van der Waals surface area contributed by atoms with Gasteiger partial charge in [-0.25, -0.2) is 0 Å². The number of carbonyl (C=O) groups is 1. The Morgan fingerprint density at radius 1 is 1.22 bits per heavy atom. The number of nitrogens with zero attached hydrogens (tertiary/aromatic N) is 2. The average molecular weight is 248 g/mol. The van der Waals surface area contributed by atoms with Crippen LogP contribution in [0.1, 0.15) is 48.0 Å². The first kappa shape index (κ1) is 13.3. The van der Waals surface area contributed by atoms with Crippen LogP contribution in [0.4, 0.5) is 0 Å².